The van der Waals surface area contributed by atoms with Gasteiger partial charge in [0, 0.05) is 12.1 Å². The highest BCUT2D eigenvalue weighted by Crippen LogP contribution is 2.08. The van der Waals surface area contributed by atoms with Crippen LogP contribution in [-0.2, 0) is 14.3 Å². The lowest BCUT2D eigenvalue weighted by Gasteiger charge is -2.24. The van der Waals surface area contributed by atoms with E-state index in [9.17, 15) is 9.59 Å². The summed E-state index contributed by atoms with van der Waals surface area (Å²) in [5.41, 5.74) is -0.692. The fraction of sp³-hybridized carbons (Fsp3) is 0.857. The number of ether oxygens (including phenoxy) is 1. The number of likely N-dealkylation sites (N-methyl/N-ethyl adjacent to an activating group) is 1. The molecule has 0 atom stereocenters. The fourth-order valence-corrected chi connectivity index (χ4v) is 1.46. The lowest BCUT2D eigenvalue weighted by Crippen LogP contribution is -2.45. The van der Waals surface area contributed by atoms with Crippen LogP contribution in [0.3, 0.4) is 0 Å². The zero-order valence-electron chi connectivity index (χ0n) is 13.3. The Morgan fingerprint density at radius 1 is 1.11 bits per heavy atom. The summed E-state index contributed by atoms with van der Waals surface area (Å²) in [5.74, 6) is -0.283. The molecule has 0 fully saturated rings. The van der Waals surface area contributed by atoms with E-state index in [-0.39, 0.29) is 30.4 Å². The maximum absolute atomic E-state index is 11.7. The third kappa shape index (κ3) is 11.7. The summed E-state index contributed by atoms with van der Waals surface area (Å²) in [7, 11) is 1.81. The molecule has 0 aliphatic heterocycles. The van der Waals surface area contributed by atoms with Crippen LogP contribution in [0.15, 0.2) is 0 Å². The molecule has 0 aromatic carbocycles. The number of hydrogen-bond donors (Lipinski definition) is 1. The van der Waals surface area contributed by atoms with E-state index in [1.807, 2.05) is 53.5 Å². The van der Waals surface area contributed by atoms with Crippen LogP contribution in [0.5, 0.6) is 0 Å². The molecule has 1 amide bonds. The molecule has 1 N–H and O–H groups in total. The molecule has 0 radical (unpaired) electrons. The Morgan fingerprint density at radius 2 is 1.63 bits per heavy atom. The van der Waals surface area contributed by atoms with Gasteiger partial charge in [0.25, 0.3) is 0 Å². The Labute approximate surface area is 116 Å². The monoisotopic (exact) mass is 272 g/mol. The van der Waals surface area contributed by atoms with Gasteiger partial charge in [-0.1, -0.05) is 0 Å². The Balaban J connectivity index is 3.96. The molecule has 0 aromatic heterocycles. The summed E-state index contributed by atoms with van der Waals surface area (Å²) < 4.78 is 5.21. The number of carbonyl (C=O) groups is 2. The summed E-state index contributed by atoms with van der Waals surface area (Å²) in [6.45, 7) is 12.1. The zero-order valence-corrected chi connectivity index (χ0v) is 13.3. The van der Waals surface area contributed by atoms with Crippen LogP contribution in [0.1, 0.15) is 48.0 Å². The van der Waals surface area contributed by atoms with Gasteiger partial charge < -0.3 is 10.1 Å². The van der Waals surface area contributed by atoms with Crippen LogP contribution >= 0.6 is 0 Å². The lowest BCUT2D eigenvalue weighted by atomic mass is 10.1. The van der Waals surface area contributed by atoms with Crippen LogP contribution in [-0.4, -0.2) is 48.1 Å². The topological polar surface area (TPSA) is 58.6 Å². The van der Waals surface area contributed by atoms with Crippen molar-refractivity contribution in [3.8, 4) is 0 Å². The second kappa shape index (κ2) is 6.89. The first-order chi connectivity index (χ1) is 8.39. The highest BCUT2D eigenvalue weighted by atomic mass is 16.6. The van der Waals surface area contributed by atoms with Crippen LogP contribution in [0.4, 0.5) is 0 Å². The van der Waals surface area contributed by atoms with E-state index >= 15 is 0 Å². The fourth-order valence-electron chi connectivity index (χ4n) is 1.46. The maximum Gasteiger partial charge on any atom is 0.307 e. The van der Waals surface area contributed by atoms with Gasteiger partial charge in [-0.25, -0.2) is 0 Å². The minimum absolute atomic E-state index is 0.0424. The molecular weight excluding hydrogens is 244 g/mol. The second-order valence-electron chi connectivity index (χ2n) is 6.87. The molecule has 112 valence electrons. The van der Waals surface area contributed by atoms with Gasteiger partial charge in [0.05, 0.1) is 13.0 Å². The van der Waals surface area contributed by atoms with Gasteiger partial charge in [-0.05, 0) is 48.6 Å². The molecule has 0 aliphatic rings. The zero-order chi connectivity index (χ0) is 15.3. The van der Waals surface area contributed by atoms with E-state index in [1.165, 1.54) is 0 Å². The molecular formula is C14H28N2O3. The first kappa shape index (κ1) is 17.9. The summed E-state index contributed by atoms with van der Waals surface area (Å²) in [4.78, 5) is 25.0. The van der Waals surface area contributed by atoms with Crippen molar-refractivity contribution in [2.75, 3.05) is 20.1 Å². The quantitative estimate of drug-likeness (QED) is 0.772. The van der Waals surface area contributed by atoms with Crippen LogP contribution in [0.25, 0.3) is 0 Å². The number of esters is 1. The molecule has 5 heteroatoms. The molecule has 0 spiro atoms. The minimum atomic E-state index is -0.459. The highest BCUT2D eigenvalue weighted by molar-refractivity contribution is 5.78. The standard InChI is InChI=1S/C14H28N2O3/c1-13(2,3)15-11(17)10-16(7)9-8-12(18)19-14(4,5)6/h8-10H2,1-7H3,(H,15,17). The van der Waals surface area contributed by atoms with Crippen molar-refractivity contribution in [3.63, 3.8) is 0 Å². The van der Waals surface area contributed by atoms with E-state index in [0.29, 0.717) is 6.54 Å². The third-order valence-electron chi connectivity index (χ3n) is 2.05. The van der Waals surface area contributed by atoms with Gasteiger partial charge in [-0.15, -0.1) is 0 Å². The van der Waals surface area contributed by atoms with Gasteiger partial charge in [0.1, 0.15) is 5.60 Å². The van der Waals surface area contributed by atoms with Gasteiger partial charge in [0.2, 0.25) is 5.91 Å². The average molecular weight is 272 g/mol. The number of hydrogen-bond acceptors (Lipinski definition) is 4. The van der Waals surface area contributed by atoms with Crippen molar-refractivity contribution in [1.82, 2.24) is 10.2 Å². The maximum atomic E-state index is 11.7. The molecule has 0 aliphatic carbocycles. The number of amides is 1. The van der Waals surface area contributed by atoms with Gasteiger partial charge >= 0.3 is 5.97 Å². The Bertz CT molecular complexity index is 314. The first-order valence-corrected chi connectivity index (χ1v) is 6.60. The number of carbonyl (C=O) groups excluding carboxylic acids is 2. The summed E-state index contributed by atoms with van der Waals surface area (Å²) in [6.07, 6.45) is 0.288. The van der Waals surface area contributed by atoms with E-state index in [0.717, 1.165) is 0 Å². The number of nitrogens with one attached hydrogen (secondary N) is 1. The van der Waals surface area contributed by atoms with Crippen molar-refractivity contribution in [2.24, 2.45) is 0 Å². The van der Waals surface area contributed by atoms with Crippen LogP contribution in [0.2, 0.25) is 0 Å². The van der Waals surface area contributed by atoms with Gasteiger partial charge in [0.15, 0.2) is 0 Å². The molecule has 5 nitrogen and oxygen atoms in total. The van der Waals surface area contributed by atoms with Crippen LogP contribution in [0, 0.1) is 0 Å². The third-order valence-corrected chi connectivity index (χ3v) is 2.05. The minimum Gasteiger partial charge on any atom is -0.460 e. The second-order valence-corrected chi connectivity index (χ2v) is 6.87. The lowest BCUT2D eigenvalue weighted by molar-refractivity contribution is -0.155. The first-order valence-electron chi connectivity index (χ1n) is 6.60. The smallest absolute Gasteiger partial charge is 0.307 e. The highest BCUT2D eigenvalue weighted by Gasteiger charge is 2.18. The SMILES string of the molecule is CN(CCC(=O)OC(C)(C)C)CC(=O)NC(C)(C)C. The average Bonchev–Trinajstić information content (AvgIpc) is 2.08. The van der Waals surface area contributed by atoms with Crippen molar-refractivity contribution in [3.05, 3.63) is 0 Å². The largest absolute Gasteiger partial charge is 0.460 e. The molecule has 0 saturated carbocycles. The molecule has 0 rings (SSSR count). The van der Waals surface area contributed by atoms with E-state index in [1.54, 1.807) is 0 Å². The molecule has 0 heterocycles. The molecule has 0 aromatic rings. The van der Waals surface area contributed by atoms with E-state index in [4.69, 9.17) is 4.74 Å². The van der Waals surface area contributed by atoms with E-state index < -0.39 is 5.60 Å². The van der Waals surface area contributed by atoms with Crippen molar-refractivity contribution >= 4 is 11.9 Å². The Hall–Kier alpha value is -1.10. The summed E-state index contributed by atoms with van der Waals surface area (Å²) in [6, 6.07) is 0. The van der Waals surface area contributed by atoms with Crippen molar-refractivity contribution in [2.45, 2.75) is 59.1 Å². The van der Waals surface area contributed by atoms with E-state index in [2.05, 4.69) is 5.32 Å². The van der Waals surface area contributed by atoms with Crippen LogP contribution < -0.4 is 5.32 Å². The number of rotatable bonds is 5. The van der Waals surface area contributed by atoms with Crippen molar-refractivity contribution < 1.29 is 14.3 Å². The summed E-state index contributed by atoms with van der Waals surface area (Å²) in [5, 5.41) is 2.88. The molecule has 0 bridgehead atoms. The van der Waals surface area contributed by atoms with Gasteiger partial charge in [-0.2, -0.15) is 0 Å². The number of nitrogens with zero attached hydrogens (tertiary/aromatic N) is 1. The predicted molar refractivity (Wildman–Crippen MR) is 75.9 cm³/mol. The van der Waals surface area contributed by atoms with Gasteiger partial charge in [-0.3, -0.25) is 14.5 Å². The molecule has 0 saturated heterocycles. The molecule has 19 heavy (non-hydrogen) atoms. The Morgan fingerprint density at radius 3 is 2.05 bits per heavy atom. The Kier molecular flexibility index (Phi) is 6.49. The normalized spacial score (nSPS) is 12.4. The van der Waals surface area contributed by atoms with Crippen molar-refractivity contribution in [1.29, 1.82) is 0 Å². The summed E-state index contributed by atoms with van der Waals surface area (Å²) >= 11 is 0. The predicted octanol–water partition coefficient (Wildman–Crippen LogP) is 1.56. The molecule has 0 unspecified atom stereocenters.